The second-order valence-electron chi connectivity index (χ2n) is 9.68. The zero-order valence-electron chi connectivity index (χ0n) is 22.1. The van der Waals surface area contributed by atoms with E-state index >= 15 is 0 Å². The second-order valence-corrected chi connectivity index (χ2v) is 11.5. The molecule has 1 saturated heterocycles. The normalized spacial score (nSPS) is 13.6. The summed E-state index contributed by atoms with van der Waals surface area (Å²) >= 11 is 0. The maximum absolute atomic E-state index is 13.3. The van der Waals surface area contributed by atoms with Crippen LogP contribution in [0.5, 0.6) is 0 Å². The fourth-order valence-electron chi connectivity index (χ4n) is 5.23. The van der Waals surface area contributed by atoms with Crippen LogP contribution in [0.25, 0.3) is 44.6 Å². The van der Waals surface area contributed by atoms with Gasteiger partial charge in [-0.1, -0.05) is 18.2 Å². The molecule has 1 aliphatic heterocycles. The molecule has 3 N–H and O–H groups in total. The number of aromatic nitrogens is 5. The molecular weight excluding hydrogens is 597 g/mol. The van der Waals surface area contributed by atoms with Gasteiger partial charge in [0.25, 0.3) is 15.6 Å². The van der Waals surface area contributed by atoms with Gasteiger partial charge in [-0.25, -0.2) is 22.4 Å². The first-order valence-corrected chi connectivity index (χ1v) is 14.4. The minimum absolute atomic E-state index is 0. The average molecular weight is 625 g/mol. The van der Waals surface area contributed by atoms with E-state index in [2.05, 4.69) is 37.3 Å². The van der Waals surface area contributed by atoms with E-state index in [-0.39, 0.29) is 35.3 Å². The van der Waals surface area contributed by atoms with Crippen LogP contribution in [0, 0.1) is 0 Å². The van der Waals surface area contributed by atoms with E-state index in [0.29, 0.717) is 28.0 Å². The van der Waals surface area contributed by atoms with E-state index in [0.717, 1.165) is 48.5 Å². The standard InChI is InChI=1S/C29H25N7O3S.2ClH/c37-29-24(27-33-25-7-6-20(17-26(25)34-27)35-14-11-30-12-15-35)16-19(18-32-29)22-8-10-31-28-23(22)9-13-36(28)40(38,39)21-4-2-1-3-5-21;;/h1-10,13,16-18,30H,11-12,14-15H2,(H,32,37)(H,33,34);2*1H. The summed E-state index contributed by atoms with van der Waals surface area (Å²) in [4.78, 5) is 30.6. The molecule has 5 heterocycles. The average Bonchev–Trinajstić information content (AvgIpc) is 3.63. The topological polar surface area (TPSA) is 129 Å². The number of fused-ring (bicyclic) bond motifs is 2. The first-order valence-electron chi connectivity index (χ1n) is 12.9. The van der Waals surface area contributed by atoms with Gasteiger partial charge >= 0.3 is 0 Å². The molecular formula is C29H27Cl2N7O3S. The number of pyridine rings is 2. The molecule has 0 amide bonds. The molecule has 0 unspecified atom stereocenters. The van der Waals surface area contributed by atoms with Crippen molar-refractivity contribution in [3.8, 4) is 22.5 Å². The van der Waals surface area contributed by atoms with Gasteiger partial charge in [-0.05, 0) is 59.7 Å². The highest BCUT2D eigenvalue weighted by atomic mass is 35.5. The Morgan fingerprint density at radius 3 is 2.45 bits per heavy atom. The molecule has 0 atom stereocenters. The van der Waals surface area contributed by atoms with Crippen LogP contribution in [-0.2, 0) is 10.0 Å². The third kappa shape index (κ3) is 5.05. The summed E-state index contributed by atoms with van der Waals surface area (Å²) in [6.45, 7) is 3.75. The smallest absolute Gasteiger partial charge is 0.269 e. The zero-order valence-corrected chi connectivity index (χ0v) is 24.6. The van der Waals surface area contributed by atoms with Gasteiger partial charge in [0.15, 0.2) is 5.65 Å². The Hall–Kier alpha value is -4.16. The van der Waals surface area contributed by atoms with Crippen LogP contribution in [0.1, 0.15) is 0 Å². The van der Waals surface area contributed by atoms with Gasteiger partial charge in [0, 0.05) is 55.8 Å². The van der Waals surface area contributed by atoms with Gasteiger partial charge in [-0.3, -0.25) is 4.79 Å². The number of hydrogen-bond acceptors (Lipinski definition) is 7. The first kappa shape index (κ1) is 29.3. The van der Waals surface area contributed by atoms with Crippen molar-refractivity contribution in [3.63, 3.8) is 0 Å². The number of nitrogens with zero attached hydrogens (tertiary/aromatic N) is 4. The Bertz CT molecular complexity index is 2050. The van der Waals surface area contributed by atoms with Gasteiger partial charge in [0.2, 0.25) is 0 Å². The molecule has 6 aromatic rings. The predicted molar refractivity (Wildman–Crippen MR) is 169 cm³/mol. The van der Waals surface area contributed by atoms with Crippen molar-refractivity contribution in [1.29, 1.82) is 0 Å². The van der Waals surface area contributed by atoms with Crippen LogP contribution in [0.4, 0.5) is 5.69 Å². The number of halogens is 2. The van der Waals surface area contributed by atoms with E-state index in [1.165, 1.54) is 10.2 Å². The molecule has 4 aromatic heterocycles. The molecule has 0 saturated carbocycles. The quantitative estimate of drug-likeness (QED) is 0.259. The number of rotatable bonds is 5. The lowest BCUT2D eigenvalue weighted by Gasteiger charge is -2.29. The summed E-state index contributed by atoms with van der Waals surface area (Å²) in [5, 5.41) is 4.01. The molecule has 42 heavy (non-hydrogen) atoms. The van der Waals surface area contributed by atoms with E-state index in [4.69, 9.17) is 4.98 Å². The third-order valence-electron chi connectivity index (χ3n) is 7.27. The Labute approximate surface area is 253 Å². The summed E-state index contributed by atoms with van der Waals surface area (Å²) in [6.07, 6.45) is 4.69. The van der Waals surface area contributed by atoms with Crippen LogP contribution < -0.4 is 15.8 Å². The van der Waals surface area contributed by atoms with Crippen LogP contribution >= 0.6 is 24.8 Å². The van der Waals surface area contributed by atoms with Crippen LogP contribution in [0.2, 0.25) is 0 Å². The van der Waals surface area contributed by atoms with Crippen LogP contribution in [0.15, 0.2) is 95.0 Å². The molecule has 216 valence electrons. The van der Waals surface area contributed by atoms with Crippen LogP contribution in [-0.4, -0.2) is 58.5 Å². The number of H-pyrrole nitrogens is 2. The molecule has 0 radical (unpaired) electrons. The lowest BCUT2D eigenvalue weighted by molar-refractivity contribution is 0.588. The monoisotopic (exact) mass is 623 g/mol. The third-order valence-corrected chi connectivity index (χ3v) is 8.95. The lowest BCUT2D eigenvalue weighted by Crippen LogP contribution is -2.43. The van der Waals surface area contributed by atoms with E-state index in [1.54, 1.807) is 60.9 Å². The highest BCUT2D eigenvalue weighted by Crippen LogP contribution is 2.31. The maximum Gasteiger partial charge on any atom is 0.269 e. The van der Waals surface area contributed by atoms with E-state index < -0.39 is 10.0 Å². The van der Waals surface area contributed by atoms with Crippen molar-refractivity contribution in [2.45, 2.75) is 4.90 Å². The Kier molecular flexibility index (Phi) is 8.11. The second kappa shape index (κ2) is 11.6. The van der Waals surface area contributed by atoms with Gasteiger partial charge < -0.3 is 20.2 Å². The SMILES string of the molecule is Cl.Cl.O=c1[nH]cc(-c2ccnc3c2ccn3S(=O)(=O)c2ccccc2)cc1-c1nc2ccc(N3CCNCC3)cc2[nH]1. The maximum atomic E-state index is 13.3. The molecule has 13 heteroatoms. The summed E-state index contributed by atoms with van der Waals surface area (Å²) in [5.41, 5.74) is 4.59. The van der Waals surface area contributed by atoms with Crippen molar-refractivity contribution in [1.82, 2.24) is 29.2 Å². The van der Waals surface area contributed by atoms with Crippen molar-refractivity contribution < 1.29 is 8.42 Å². The van der Waals surface area contributed by atoms with Crippen molar-refractivity contribution in [2.75, 3.05) is 31.1 Å². The molecule has 0 bridgehead atoms. The van der Waals surface area contributed by atoms with Gasteiger partial charge in [0.1, 0.15) is 5.82 Å². The molecule has 10 nitrogen and oxygen atoms in total. The first-order chi connectivity index (χ1) is 19.5. The molecule has 2 aromatic carbocycles. The molecule has 1 fully saturated rings. The minimum Gasteiger partial charge on any atom is -0.369 e. The fraction of sp³-hybridized carbons (Fsp3) is 0.138. The zero-order chi connectivity index (χ0) is 27.3. The summed E-state index contributed by atoms with van der Waals surface area (Å²) < 4.78 is 27.8. The van der Waals surface area contributed by atoms with E-state index in [1.807, 2.05) is 6.07 Å². The van der Waals surface area contributed by atoms with Crippen molar-refractivity contribution in [3.05, 3.63) is 95.7 Å². The fourth-order valence-corrected chi connectivity index (χ4v) is 6.55. The van der Waals surface area contributed by atoms with Gasteiger partial charge in [0.05, 0.1) is 21.5 Å². The van der Waals surface area contributed by atoms with Crippen molar-refractivity contribution in [2.24, 2.45) is 0 Å². The van der Waals surface area contributed by atoms with E-state index in [9.17, 15) is 13.2 Å². The predicted octanol–water partition coefficient (Wildman–Crippen LogP) is 4.43. The molecule has 0 spiro atoms. The summed E-state index contributed by atoms with van der Waals surface area (Å²) in [5.74, 6) is 0.463. The molecule has 7 rings (SSSR count). The Morgan fingerprint density at radius 2 is 1.67 bits per heavy atom. The largest absolute Gasteiger partial charge is 0.369 e. The van der Waals surface area contributed by atoms with Gasteiger partial charge in [-0.15, -0.1) is 24.8 Å². The summed E-state index contributed by atoms with van der Waals surface area (Å²) in [7, 11) is -3.83. The number of aromatic amines is 2. The molecule has 0 aliphatic carbocycles. The Morgan fingerprint density at radius 1 is 0.881 bits per heavy atom. The number of imidazole rings is 1. The lowest BCUT2D eigenvalue weighted by atomic mass is 10.0. The molecule has 1 aliphatic rings. The van der Waals surface area contributed by atoms with Crippen LogP contribution in [0.3, 0.4) is 0 Å². The van der Waals surface area contributed by atoms with Crippen molar-refractivity contribution >= 4 is 62.6 Å². The minimum atomic E-state index is -3.83. The summed E-state index contributed by atoms with van der Waals surface area (Å²) in [6, 6.07) is 19.6. The highest BCUT2D eigenvalue weighted by Gasteiger charge is 2.21. The number of hydrogen-bond donors (Lipinski definition) is 3. The van der Waals surface area contributed by atoms with Gasteiger partial charge in [-0.2, -0.15) is 0 Å². The Balaban J connectivity index is 0.00000176. The number of piperazine rings is 1. The number of benzene rings is 2. The highest BCUT2D eigenvalue weighted by molar-refractivity contribution is 7.90. The number of anilines is 1. The number of nitrogens with one attached hydrogen (secondary N) is 3.